The molecule has 0 radical (unpaired) electrons. The number of hydrogen-bond donors (Lipinski definition) is 3. The Balaban J connectivity index is 1.75. The monoisotopic (exact) mass is 630 g/mol. The zero-order chi connectivity index (χ0) is 33.5. The maximum atomic E-state index is 12.6. The molecule has 0 bridgehead atoms. The Bertz CT molecular complexity index is 1780. The van der Waals surface area contributed by atoms with Gasteiger partial charge in [-0.1, -0.05) is 6.58 Å². The van der Waals surface area contributed by atoms with Gasteiger partial charge < -0.3 is 30.4 Å². The van der Waals surface area contributed by atoms with Crippen molar-refractivity contribution in [2.24, 2.45) is 0 Å². The lowest BCUT2D eigenvalue weighted by Crippen LogP contribution is -2.32. The molecular formula is C35H40N3O8+. The van der Waals surface area contributed by atoms with Crippen molar-refractivity contribution >= 4 is 47.3 Å². The van der Waals surface area contributed by atoms with Gasteiger partial charge in [-0.2, -0.15) is 0 Å². The first-order valence-corrected chi connectivity index (χ1v) is 15.2. The number of imide groups is 1. The van der Waals surface area contributed by atoms with Gasteiger partial charge in [-0.3, -0.25) is 9.59 Å². The molecule has 0 unspecified atom stereocenters. The zero-order valence-corrected chi connectivity index (χ0v) is 26.5. The van der Waals surface area contributed by atoms with Crippen LogP contribution in [-0.2, 0) is 19.2 Å². The summed E-state index contributed by atoms with van der Waals surface area (Å²) < 4.78 is 5.93. The number of nitrogens with zero attached hydrogens (tertiary/aromatic N) is 1. The zero-order valence-electron chi connectivity index (χ0n) is 26.5. The Labute approximate surface area is 267 Å². The number of benzene rings is 3. The third-order valence-corrected chi connectivity index (χ3v) is 7.57. The lowest BCUT2D eigenvalue weighted by Gasteiger charge is -2.17. The van der Waals surface area contributed by atoms with Crippen molar-refractivity contribution in [3.05, 3.63) is 80.7 Å². The number of carboxylic acid groups (broad SMARTS) is 1. The average Bonchev–Trinajstić information content (AvgIpc) is 3.32. The van der Waals surface area contributed by atoms with Crippen LogP contribution in [0.4, 0.5) is 11.4 Å². The molecule has 46 heavy (non-hydrogen) atoms. The molecule has 4 rings (SSSR count). The summed E-state index contributed by atoms with van der Waals surface area (Å²) >= 11 is 0. The molecule has 1 aliphatic rings. The summed E-state index contributed by atoms with van der Waals surface area (Å²) in [5, 5.41) is 27.7. The maximum absolute atomic E-state index is 12.6. The molecule has 1 aliphatic heterocycles. The van der Waals surface area contributed by atoms with E-state index >= 15 is 0 Å². The SMILES string of the molecule is C=c1cc(NCC)c(C)c/c1=C(/c1cc(C)c(NCC)cc1[OH2+])c1cc(OCCCC(=O)ON2C(=O)CCC2=O)ccc1C(=O)O. The molecule has 5 N–H and O–H groups in total. The molecule has 1 fully saturated rings. The highest BCUT2D eigenvalue weighted by Gasteiger charge is 2.32. The Kier molecular flexibility index (Phi) is 10.7. The molecule has 1 saturated heterocycles. The Morgan fingerprint density at radius 2 is 1.54 bits per heavy atom. The van der Waals surface area contributed by atoms with Crippen LogP contribution in [0, 0.1) is 13.8 Å². The van der Waals surface area contributed by atoms with Crippen LogP contribution in [0.5, 0.6) is 11.5 Å². The smallest absolute Gasteiger partial charge is 0.336 e. The van der Waals surface area contributed by atoms with E-state index in [9.17, 15) is 24.3 Å². The summed E-state index contributed by atoms with van der Waals surface area (Å²) in [6.45, 7) is 13.6. The van der Waals surface area contributed by atoms with E-state index in [1.54, 1.807) is 12.1 Å². The fourth-order valence-electron chi connectivity index (χ4n) is 5.32. The van der Waals surface area contributed by atoms with Crippen LogP contribution in [0.3, 0.4) is 0 Å². The van der Waals surface area contributed by atoms with Crippen molar-refractivity contribution in [3.8, 4) is 11.5 Å². The first-order valence-electron chi connectivity index (χ1n) is 15.2. The van der Waals surface area contributed by atoms with Crippen molar-refractivity contribution in [2.45, 2.75) is 53.4 Å². The van der Waals surface area contributed by atoms with Crippen LogP contribution in [0.1, 0.15) is 72.1 Å². The molecule has 11 nitrogen and oxygen atoms in total. The highest BCUT2D eigenvalue weighted by molar-refractivity contribution is 6.01. The predicted octanol–water partition coefficient (Wildman–Crippen LogP) is 3.73. The predicted molar refractivity (Wildman–Crippen MR) is 175 cm³/mol. The lowest BCUT2D eigenvalue weighted by molar-refractivity contribution is -0.197. The first-order chi connectivity index (χ1) is 21.9. The van der Waals surface area contributed by atoms with Crippen LogP contribution in [-0.4, -0.2) is 58.7 Å². The third-order valence-electron chi connectivity index (χ3n) is 7.57. The average molecular weight is 631 g/mol. The van der Waals surface area contributed by atoms with E-state index in [1.807, 2.05) is 45.9 Å². The standard InChI is InChI=1S/C35H39N3O8/c1-6-36-28-17-20(3)25(15-21(28)4)34(27-16-22(5)29(37-7-2)19-30(27)39)26-18-23(10-11-24(26)35(43)44)45-14-8-9-33(42)46-38-31(40)12-13-32(38)41/h10-11,15-19,36-37,39H,3,6-9,12-14H2,1-2,4-5H3,(H,43,44)/p+1/b34-25-. The third kappa shape index (κ3) is 7.48. The first kappa shape index (κ1) is 33.6. The van der Waals surface area contributed by atoms with Crippen molar-refractivity contribution < 1.29 is 39.0 Å². The largest absolute Gasteiger partial charge is 0.593 e. The van der Waals surface area contributed by atoms with E-state index in [0.29, 0.717) is 51.0 Å². The number of aryl methyl sites for hydroxylation is 2. The van der Waals surface area contributed by atoms with Crippen LogP contribution in [0.15, 0.2) is 42.5 Å². The van der Waals surface area contributed by atoms with E-state index < -0.39 is 23.8 Å². The second-order valence-electron chi connectivity index (χ2n) is 11.0. The van der Waals surface area contributed by atoms with Crippen LogP contribution in [0.25, 0.3) is 12.2 Å². The Hall–Kier alpha value is -5.32. The Morgan fingerprint density at radius 1 is 0.913 bits per heavy atom. The second-order valence-corrected chi connectivity index (χ2v) is 11.0. The number of anilines is 2. The number of carbonyl (C=O) groups excluding carboxylic acids is 3. The summed E-state index contributed by atoms with van der Waals surface area (Å²) in [4.78, 5) is 53.1. The molecule has 2 amide bonds. The number of carbonyl (C=O) groups is 4. The maximum Gasteiger partial charge on any atom is 0.336 e. The van der Waals surface area contributed by atoms with E-state index in [0.717, 1.165) is 22.5 Å². The van der Waals surface area contributed by atoms with E-state index in [2.05, 4.69) is 17.2 Å². The molecule has 11 heteroatoms. The normalized spacial score (nSPS) is 13.4. The molecule has 242 valence electrons. The molecule has 1 heterocycles. The van der Waals surface area contributed by atoms with Crippen LogP contribution >= 0.6 is 0 Å². The summed E-state index contributed by atoms with van der Waals surface area (Å²) in [6, 6.07) is 12.1. The summed E-state index contributed by atoms with van der Waals surface area (Å²) in [5.41, 5.74) is 4.98. The van der Waals surface area contributed by atoms with Gasteiger partial charge in [0, 0.05) is 48.4 Å². The number of hydrogen-bond acceptors (Lipinski definition) is 8. The van der Waals surface area contributed by atoms with Gasteiger partial charge in [0.25, 0.3) is 17.6 Å². The van der Waals surface area contributed by atoms with Crippen molar-refractivity contribution in [1.29, 1.82) is 0 Å². The molecule has 3 aromatic carbocycles. The highest BCUT2D eigenvalue weighted by Crippen LogP contribution is 2.36. The van der Waals surface area contributed by atoms with Gasteiger partial charge >= 0.3 is 11.9 Å². The van der Waals surface area contributed by atoms with Crippen molar-refractivity contribution in [3.63, 3.8) is 0 Å². The summed E-state index contributed by atoms with van der Waals surface area (Å²) in [5.74, 6) is -2.41. The number of carboxylic acids is 1. The molecule has 3 aromatic rings. The van der Waals surface area contributed by atoms with Gasteiger partial charge in [-0.25, -0.2) is 9.59 Å². The minimum absolute atomic E-state index is 0.0128. The lowest BCUT2D eigenvalue weighted by atomic mass is 9.89. The van der Waals surface area contributed by atoms with Gasteiger partial charge in [-0.15, -0.1) is 5.06 Å². The number of nitrogens with one attached hydrogen (secondary N) is 2. The van der Waals surface area contributed by atoms with Crippen molar-refractivity contribution in [1.82, 2.24) is 5.06 Å². The van der Waals surface area contributed by atoms with Gasteiger partial charge in [-0.05, 0) is 92.1 Å². The topological polar surface area (TPSA) is 157 Å². The molecule has 0 atom stereocenters. The number of ether oxygens (including phenoxy) is 1. The van der Waals surface area contributed by atoms with E-state index in [1.165, 1.54) is 12.1 Å². The second kappa shape index (κ2) is 14.6. The van der Waals surface area contributed by atoms with Crippen LogP contribution in [0.2, 0.25) is 0 Å². The Morgan fingerprint density at radius 3 is 2.17 bits per heavy atom. The van der Waals surface area contributed by atoms with E-state index in [-0.39, 0.29) is 43.6 Å². The fraction of sp³-hybridized carbons (Fsp3) is 0.314. The fourth-order valence-corrected chi connectivity index (χ4v) is 5.32. The van der Waals surface area contributed by atoms with E-state index in [4.69, 9.17) is 14.7 Å². The minimum Gasteiger partial charge on any atom is -0.593 e. The van der Waals surface area contributed by atoms with Gasteiger partial charge in [0.1, 0.15) is 5.75 Å². The molecule has 0 saturated carbocycles. The minimum atomic E-state index is -1.15. The number of aromatic carboxylic acids is 1. The van der Waals surface area contributed by atoms with Gasteiger partial charge in [0.05, 0.1) is 30.2 Å². The number of amides is 2. The summed E-state index contributed by atoms with van der Waals surface area (Å²) in [6.07, 6.45) is 0.145. The van der Waals surface area contributed by atoms with Gasteiger partial charge in [0.15, 0.2) is 0 Å². The van der Waals surface area contributed by atoms with Crippen molar-refractivity contribution in [2.75, 3.05) is 30.3 Å². The van der Waals surface area contributed by atoms with Gasteiger partial charge in [0.2, 0.25) is 0 Å². The molecule has 0 aromatic heterocycles. The number of hydroxylamine groups is 2. The molecular weight excluding hydrogens is 590 g/mol. The molecule has 0 aliphatic carbocycles. The highest BCUT2D eigenvalue weighted by atomic mass is 16.7. The summed E-state index contributed by atoms with van der Waals surface area (Å²) in [7, 11) is 0. The quantitative estimate of drug-likeness (QED) is 0.145. The van der Waals surface area contributed by atoms with Crippen LogP contribution < -0.4 is 25.8 Å². The number of rotatable bonds is 13. The molecule has 0 spiro atoms.